The zero-order chi connectivity index (χ0) is 13.4. The van der Waals surface area contributed by atoms with Gasteiger partial charge in [0.15, 0.2) is 0 Å². The fraction of sp³-hybridized carbons (Fsp3) is 0.571. The Hall–Kier alpha value is -0.440. The van der Waals surface area contributed by atoms with E-state index >= 15 is 0 Å². The molecule has 0 aliphatic carbocycles. The third-order valence-electron chi connectivity index (χ3n) is 2.60. The van der Waals surface area contributed by atoms with Crippen LogP contribution in [0.15, 0.2) is 18.2 Å². The van der Waals surface area contributed by atoms with E-state index in [-0.39, 0.29) is 6.10 Å². The summed E-state index contributed by atoms with van der Waals surface area (Å²) in [7, 11) is 0. The molecule has 1 aromatic rings. The van der Waals surface area contributed by atoms with E-state index in [0.717, 1.165) is 32.4 Å². The molecule has 0 aromatic heterocycles. The van der Waals surface area contributed by atoms with Crippen molar-refractivity contribution in [1.82, 2.24) is 5.32 Å². The van der Waals surface area contributed by atoms with Gasteiger partial charge in [0.2, 0.25) is 0 Å². The van der Waals surface area contributed by atoms with Gasteiger partial charge in [-0.3, -0.25) is 0 Å². The molecule has 0 fully saturated rings. The van der Waals surface area contributed by atoms with Gasteiger partial charge in [0.25, 0.3) is 0 Å². The second kappa shape index (κ2) is 8.63. The summed E-state index contributed by atoms with van der Waals surface area (Å²) in [6, 6.07) is 5.30. The van der Waals surface area contributed by atoms with Gasteiger partial charge in [-0.2, -0.15) is 0 Å². The lowest BCUT2D eigenvalue weighted by molar-refractivity contribution is 0.187. The van der Waals surface area contributed by atoms with Crippen LogP contribution in [0.5, 0.6) is 5.75 Å². The van der Waals surface area contributed by atoms with Gasteiger partial charge in [-0.1, -0.05) is 43.5 Å². The predicted molar refractivity (Wildman–Crippen MR) is 78.9 cm³/mol. The number of halogens is 2. The maximum Gasteiger partial charge on any atom is 0.139 e. The summed E-state index contributed by atoms with van der Waals surface area (Å²) < 4.78 is 5.93. The Morgan fingerprint density at radius 2 is 2.00 bits per heavy atom. The van der Waals surface area contributed by atoms with Gasteiger partial charge in [0.05, 0.1) is 5.02 Å². The van der Waals surface area contributed by atoms with E-state index in [1.807, 2.05) is 0 Å². The standard InChI is InChI=1S/C14H21Cl2NO/c1-3-5-12(10-17-8-4-2)18-14-9-11(15)6-7-13(14)16/h6-7,9,12,17H,3-5,8,10H2,1-2H3. The van der Waals surface area contributed by atoms with Gasteiger partial charge >= 0.3 is 0 Å². The van der Waals surface area contributed by atoms with Crippen LogP contribution < -0.4 is 10.1 Å². The van der Waals surface area contributed by atoms with Crippen LogP contribution in [0.3, 0.4) is 0 Å². The van der Waals surface area contributed by atoms with Gasteiger partial charge in [-0.25, -0.2) is 0 Å². The van der Waals surface area contributed by atoms with Crippen LogP contribution in [0.25, 0.3) is 0 Å². The van der Waals surface area contributed by atoms with Crippen molar-refractivity contribution in [2.75, 3.05) is 13.1 Å². The average Bonchev–Trinajstić information content (AvgIpc) is 2.34. The van der Waals surface area contributed by atoms with Crippen LogP contribution >= 0.6 is 23.2 Å². The summed E-state index contributed by atoms with van der Waals surface area (Å²) in [5, 5.41) is 4.63. The summed E-state index contributed by atoms with van der Waals surface area (Å²) in [5.74, 6) is 0.668. The summed E-state index contributed by atoms with van der Waals surface area (Å²) in [4.78, 5) is 0. The molecule has 0 aliphatic heterocycles. The highest BCUT2D eigenvalue weighted by Crippen LogP contribution is 2.29. The fourth-order valence-electron chi connectivity index (χ4n) is 1.71. The molecule has 1 rings (SSSR count). The molecule has 102 valence electrons. The molecule has 1 N–H and O–H groups in total. The lowest BCUT2D eigenvalue weighted by atomic mass is 10.2. The van der Waals surface area contributed by atoms with Crippen LogP contribution in [-0.4, -0.2) is 19.2 Å². The molecule has 18 heavy (non-hydrogen) atoms. The third kappa shape index (κ3) is 5.47. The topological polar surface area (TPSA) is 21.3 Å². The second-order valence-corrected chi connectivity index (χ2v) is 5.15. The van der Waals surface area contributed by atoms with Gasteiger partial charge in [-0.15, -0.1) is 0 Å². The summed E-state index contributed by atoms with van der Waals surface area (Å²) in [5.41, 5.74) is 0. The zero-order valence-electron chi connectivity index (χ0n) is 11.0. The molecule has 0 amide bonds. The second-order valence-electron chi connectivity index (χ2n) is 4.31. The molecular weight excluding hydrogens is 269 g/mol. The number of benzene rings is 1. The summed E-state index contributed by atoms with van der Waals surface area (Å²) in [6.45, 7) is 6.14. The van der Waals surface area contributed by atoms with Crippen molar-refractivity contribution in [1.29, 1.82) is 0 Å². The molecule has 4 heteroatoms. The molecule has 1 atom stereocenters. The van der Waals surface area contributed by atoms with Crippen molar-refractivity contribution in [2.24, 2.45) is 0 Å². The van der Waals surface area contributed by atoms with E-state index in [1.165, 1.54) is 0 Å². The summed E-state index contributed by atoms with van der Waals surface area (Å²) in [6.07, 6.45) is 3.34. The van der Waals surface area contributed by atoms with Gasteiger partial charge < -0.3 is 10.1 Å². The highest BCUT2D eigenvalue weighted by Gasteiger charge is 2.11. The van der Waals surface area contributed by atoms with E-state index in [2.05, 4.69) is 19.2 Å². The SMILES string of the molecule is CCCNCC(CCC)Oc1cc(Cl)ccc1Cl. The van der Waals surface area contributed by atoms with Crippen LogP contribution in [0.1, 0.15) is 33.1 Å². The number of nitrogens with one attached hydrogen (secondary N) is 1. The smallest absolute Gasteiger partial charge is 0.139 e. The Morgan fingerprint density at radius 3 is 2.67 bits per heavy atom. The monoisotopic (exact) mass is 289 g/mol. The van der Waals surface area contributed by atoms with Gasteiger partial charge in [0, 0.05) is 17.6 Å². The molecule has 0 aliphatic rings. The third-order valence-corrected chi connectivity index (χ3v) is 3.14. The molecule has 1 unspecified atom stereocenters. The normalized spacial score (nSPS) is 12.4. The van der Waals surface area contributed by atoms with Crippen LogP contribution in [0.4, 0.5) is 0 Å². The Balaban J connectivity index is 2.60. The Labute approximate surface area is 120 Å². The highest BCUT2D eigenvalue weighted by molar-refractivity contribution is 6.34. The Bertz CT molecular complexity index is 358. The average molecular weight is 290 g/mol. The Morgan fingerprint density at radius 1 is 1.22 bits per heavy atom. The quantitative estimate of drug-likeness (QED) is 0.710. The molecule has 0 radical (unpaired) electrons. The first-order valence-corrected chi connectivity index (χ1v) is 7.25. The molecule has 0 bridgehead atoms. The highest BCUT2D eigenvalue weighted by atomic mass is 35.5. The Kier molecular flexibility index (Phi) is 7.48. The molecule has 1 aromatic carbocycles. The molecule has 0 heterocycles. The van der Waals surface area contributed by atoms with E-state index in [4.69, 9.17) is 27.9 Å². The van der Waals surface area contributed by atoms with Crippen LogP contribution in [-0.2, 0) is 0 Å². The van der Waals surface area contributed by atoms with Gasteiger partial charge in [0.1, 0.15) is 11.9 Å². The minimum absolute atomic E-state index is 0.137. The number of ether oxygens (including phenoxy) is 1. The van der Waals surface area contributed by atoms with E-state index in [9.17, 15) is 0 Å². The largest absolute Gasteiger partial charge is 0.487 e. The number of hydrogen-bond acceptors (Lipinski definition) is 2. The lowest BCUT2D eigenvalue weighted by Gasteiger charge is -2.20. The fourth-order valence-corrected chi connectivity index (χ4v) is 2.04. The van der Waals surface area contributed by atoms with Crippen molar-refractivity contribution >= 4 is 23.2 Å². The summed E-state index contributed by atoms with van der Waals surface area (Å²) >= 11 is 12.0. The van der Waals surface area contributed by atoms with E-state index in [1.54, 1.807) is 18.2 Å². The number of rotatable bonds is 8. The van der Waals surface area contributed by atoms with Gasteiger partial charge in [-0.05, 0) is 31.5 Å². The van der Waals surface area contributed by atoms with Crippen molar-refractivity contribution in [2.45, 2.75) is 39.2 Å². The van der Waals surface area contributed by atoms with Crippen LogP contribution in [0, 0.1) is 0 Å². The molecule has 0 saturated heterocycles. The van der Waals surface area contributed by atoms with Crippen molar-refractivity contribution in [3.63, 3.8) is 0 Å². The van der Waals surface area contributed by atoms with Crippen molar-refractivity contribution in [3.8, 4) is 5.75 Å². The first kappa shape index (κ1) is 15.6. The first-order chi connectivity index (χ1) is 8.67. The van der Waals surface area contributed by atoms with Crippen molar-refractivity contribution < 1.29 is 4.74 Å². The molecular formula is C14H21Cl2NO. The molecule has 2 nitrogen and oxygen atoms in total. The molecule has 0 spiro atoms. The first-order valence-electron chi connectivity index (χ1n) is 6.49. The lowest BCUT2D eigenvalue weighted by Crippen LogP contribution is -2.31. The maximum absolute atomic E-state index is 6.10. The maximum atomic E-state index is 6.10. The minimum atomic E-state index is 0.137. The van der Waals surface area contributed by atoms with E-state index in [0.29, 0.717) is 15.8 Å². The molecule has 0 saturated carbocycles. The van der Waals surface area contributed by atoms with E-state index < -0.39 is 0 Å². The number of hydrogen-bond donors (Lipinski definition) is 1. The minimum Gasteiger partial charge on any atom is -0.487 e. The van der Waals surface area contributed by atoms with Crippen LogP contribution in [0.2, 0.25) is 10.0 Å². The van der Waals surface area contributed by atoms with Crippen molar-refractivity contribution in [3.05, 3.63) is 28.2 Å². The predicted octanol–water partition coefficient (Wildman–Crippen LogP) is 4.54. The zero-order valence-corrected chi connectivity index (χ0v) is 12.5.